The number of anilines is 1. The Bertz CT molecular complexity index is 508. The second-order valence-electron chi connectivity index (χ2n) is 5.25. The summed E-state index contributed by atoms with van der Waals surface area (Å²) in [4.78, 5) is 23.3. The maximum absolute atomic E-state index is 12.1. The van der Waals surface area contributed by atoms with Crippen LogP contribution in [-0.2, 0) is 20.9 Å². The van der Waals surface area contributed by atoms with Crippen LogP contribution >= 0.6 is 0 Å². The Morgan fingerprint density at radius 3 is 2.60 bits per heavy atom. The first-order chi connectivity index (χ1) is 9.57. The first-order valence-corrected chi connectivity index (χ1v) is 6.67. The van der Waals surface area contributed by atoms with Crippen molar-refractivity contribution in [2.24, 2.45) is 5.41 Å². The molecule has 1 fully saturated rings. The number of para-hydroxylation sites is 1. The van der Waals surface area contributed by atoms with E-state index in [1.54, 1.807) is 13.2 Å². The van der Waals surface area contributed by atoms with Gasteiger partial charge in [0.15, 0.2) is 0 Å². The molecule has 0 radical (unpaired) electrons. The van der Waals surface area contributed by atoms with Crippen LogP contribution in [0.15, 0.2) is 24.3 Å². The van der Waals surface area contributed by atoms with E-state index in [9.17, 15) is 14.7 Å². The molecule has 1 amide bonds. The van der Waals surface area contributed by atoms with Crippen LogP contribution in [-0.4, -0.2) is 24.1 Å². The molecule has 1 aromatic carbocycles. The van der Waals surface area contributed by atoms with Gasteiger partial charge in [0.05, 0.1) is 12.0 Å². The van der Waals surface area contributed by atoms with E-state index in [0.29, 0.717) is 25.1 Å². The molecule has 0 unspecified atom stereocenters. The zero-order valence-electron chi connectivity index (χ0n) is 11.5. The fourth-order valence-electron chi connectivity index (χ4n) is 2.50. The van der Waals surface area contributed by atoms with Crippen molar-refractivity contribution in [2.75, 3.05) is 12.4 Å². The van der Waals surface area contributed by atoms with Gasteiger partial charge in [-0.05, 0) is 18.9 Å². The van der Waals surface area contributed by atoms with Crippen molar-refractivity contribution in [2.45, 2.75) is 32.3 Å². The summed E-state index contributed by atoms with van der Waals surface area (Å²) in [5, 5.41) is 12.0. The highest BCUT2D eigenvalue weighted by Crippen LogP contribution is 2.44. The fraction of sp³-hybridized carbons (Fsp3) is 0.467. The van der Waals surface area contributed by atoms with Crippen molar-refractivity contribution in [1.82, 2.24) is 0 Å². The van der Waals surface area contributed by atoms with Gasteiger partial charge in [-0.1, -0.05) is 24.6 Å². The molecule has 2 rings (SSSR count). The summed E-state index contributed by atoms with van der Waals surface area (Å²) in [5.74, 6) is -1.13. The average Bonchev–Trinajstić information content (AvgIpc) is 2.36. The number of benzene rings is 1. The zero-order valence-corrected chi connectivity index (χ0v) is 11.5. The number of methoxy groups -OCH3 is 1. The van der Waals surface area contributed by atoms with Gasteiger partial charge in [0.2, 0.25) is 5.91 Å². The SMILES string of the molecule is COCc1ccccc1NC(=O)CC1(C(=O)O)CCC1. The molecular weight excluding hydrogens is 258 g/mol. The van der Waals surface area contributed by atoms with Crippen LogP contribution in [0.1, 0.15) is 31.2 Å². The molecule has 0 bridgehead atoms. The predicted octanol–water partition coefficient (Wildman–Crippen LogP) is 2.42. The maximum Gasteiger partial charge on any atom is 0.310 e. The van der Waals surface area contributed by atoms with Crippen molar-refractivity contribution in [1.29, 1.82) is 0 Å². The normalized spacial score (nSPS) is 16.2. The van der Waals surface area contributed by atoms with Gasteiger partial charge in [-0.25, -0.2) is 0 Å². The number of hydrogen-bond donors (Lipinski definition) is 2. The molecule has 0 atom stereocenters. The molecule has 0 saturated heterocycles. The number of ether oxygens (including phenoxy) is 1. The summed E-state index contributed by atoms with van der Waals surface area (Å²) >= 11 is 0. The molecule has 1 saturated carbocycles. The monoisotopic (exact) mass is 277 g/mol. The second kappa shape index (κ2) is 6.05. The third-order valence-electron chi connectivity index (χ3n) is 3.85. The van der Waals surface area contributed by atoms with Gasteiger partial charge < -0.3 is 15.2 Å². The Kier molecular flexibility index (Phi) is 4.39. The van der Waals surface area contributed by atoms with Crippen LogP contribution < -0.4 is 5.32 Å². The molecule has 5 nitrogen and oxygen atoms in total. The second-order valence-corrected chi connectivity index (χ2v) is 5.25. The summed E-state index contributed by atoms with van der Waals surface area (Å²) in [6.45, 7) is 0.403. The van der Waals surface area contributed by atoms with Crippen molar-refractivity contribution in [3.8, 4) is 0 Å². The first kappa shape index (κ1) is 14.5. The van der Waals surface area contributed by atoms with E-state index in [4.69, 9.17) is 4.74 Å². The van der Waals surface area contributed by atoms with Crippen molar-refractivity contribution < 1.29 is 19.4 Å². The molecule has 1 aliphatic carbocycles. The van der Waals surface area contributed by atoms with Gasteiger partial charge in [0, 0.05) is 24.8 Å². The van der Waals surface area contributed by atoms with E-state index >= 15 is 0 Å². The number of nitrogens with one attached hydrogen (secondary N) is 1. The molecule has 108 valence electrons. The highest BCUT2D eigenvalue weighted by atomic mass is 16.5. The third-order valence-corrected chi connectivity index (χ3v) is 3.85. The summed E-state index contributed by atoms with van der Waals surface area (Å²) in [5.41, 5.74) is 0.695. The molecule has 1 aromatic rings. The Balaban J connectivity index is 2.03. The smallest absolute Gasteiger partial charge is 0.310 e. The van der Waals surface area contributed by atoms with Gasteiger partial charge in [0.1, 0.15) is 0 Å². The molecule has 0 aliphatic heterocycles. The van der Waals surface area contributed by atoms with Crippen LogP contribution in [0.4, 0.5) is 5.69 Å². The van der Waals surface area contributed by atoms with Gasteiger partial charge in [-0.2, -0.15) is 0 Å². The number of amides is 1. The van der Waals surface area contributed by atoms with Gasteiger partial charge in [0.25, 0.3) is 0 Å². The number of hydrogen-bond acceptors (Lipinski definition) is 3. The van der Waals surface area contributed by atoms with E-state index in [0.717, 1.165) is 12.0 Å². The lowest BCUT2D eigenvalue weighted by atomic mass is 9.66. The summed E-state index contributed by atoms with van der Waals surface area (Å²) in [6.07, 6.45) is 2.06. The molecule has 0 aromatic heterocycles. The number of aliphatic carboxylic acids is 1. The van der Waals surface area contributed by atoms with Crippen LogP contribution in [0, 0.1) is 5.41 Å². The lowest BCUT2D eigenvalue weighted by Gasteiger charge is -2.36. The summed E-state index contributed by atoms with van der Waals surface area (Å²) < 4.78 is 5.08. The molecule has 2 N–H and O–H groups in total. The molecule has 0 heterocycles. The average molecular weight is 277 g/mol. The van der Waals surface area contributed by atoms with E-state index in [1.807, 2.05) is 18.2 Å². The van der Waals surface area contributed by atoms with Crippen LogP contribution in [0.3, 0.4) is 0 Å². The lowest BCUT2D eigenvalue weighted by Crippen LogP contribution is -2.41. The number of carbonyl (C=O) groups excluding carboxylic acids is 1. The molecule has 20 heavy (non-hydrogen) atoms. The Labute approximate surface area is 117 Å². The number of rotatable bonds is 6. The van der Waals surface area contributed by atoms with Crippen LogP contribution in [0.2, 0.25) is 0 Å². The maximum atomic E-state index is 12.1. The third kappa shape index (κ3) is 2.99. The van der Waals surface area contributed by atoms with Crippen LogP contribution in [0.25, 0.3) is 0 Å². The quantitative estimate of drug-likeness (QED) is 0.837. The van der Waals surface area contributed by atoms with E-state index in [2.05, 4.69) is 5.32 Å². The lowest BCUT2D eigenvalue weighted by molar-refractivity contribution is -0.157. The van der Waals surface area contributed by atoms with Crippen molar-refractivity contribution in [3.63, 3.8) is 0 Å². The minimum absolute atomic E-state index is 0.0314. The van der Waals surface area contributed by atoms with Gasteiger partial charge in [-0.3, -0.25) is 9.59 Å². The van der Waals surface area contributed by atoms with Gasteiger partial charge in [-0.15, -0.1) is 0 Å². The first-order valence-electron chi connectivity index (χ1n) is 6.67. The Morgan fingerprint density at radius 2 is 2.05 bits per heavy atom. The largest absolute Gasteiger partial charge is 0.481 e. The zero-order chi connectivity index (χ0) is 14.6. The van der Waals surface area contributed by atoms with E-state index in [1.165, 1.54) is 0 Å². The van der Waals surface area contributed by atoms with E-state index in [-0.39, 0.29) is 12.3 Å². The molecule has 0 spiro atoms. The summed E-state index contributed by atoms with van der Waals surface area (Å²) in [7, 11) is 1.59. The van der Waals surface area contributed by atoms with Crippen molar-refractivity contribution in [3.05, 3.63) is 29.8 Å². The Hall–Kier alpha value is -1.88. The summed E-state index contributed by atoms with van der Waals surface area (Å²) in [6, 6.07) is 7.36. The molecule has 1 aliphatic rings. The van der Waals surface area contributed by atoms with Gasteiger partial charge >= 0.3 is 5.97 Å². The fourth-order valence-corrected chi connectivity index (χ4v) is 2.50. The number of carbonyl (C=O) groups is 2. The predicted molar refractivity (Wildman–Crippen MR) is 74.3 cm³/mol. The molecular formula is C15H19NO4. The van der Waals surface area contributed by atoms with E-state index < -0.39 is 11.4 Å². The minimum atomic E-state index is -0.871. The van der Waals surface area contributed by atoms with Crippen LogP contribution in [0.5, 0.6) is 0 Å². The standard InChI is InChI=1S/C15H19NO4/c1-20-10-11-5-2-3-6-12(11)16-13(17)9-15(14(18)19)7-4-8-15/h2-3,5-6H,4,7-10H2,1H3,(H,16,17)(H,18,19). The highest BCUT2D eigenvalue weighted by molar-refractivity contribution is 5.95. The number of carboxylic acids is 1. The number of carboxylic acid groups (broad SMARTS) is 1. The highest BCUT2D eigenvalue weighted by Gasteiger charge is 2.45. The molecule has 5 heteroatoms. The topological polar surface area (TPSA) is 75.6 Å². The minimum Gasteiger partial charge on any atom is -0.481 e. The van der Waals surface area contributed by atoms with Crippen molar-refractivity contribution >= 4 is 17.6 Å². The Morgan fingerprint density at radius 1 is 1.35 bits per heavy atom.